The summed E-state index contributed by atoms with van der Waals surface area (Å²) in [5.74, 6) is 0.816. The second-order valence-corrected chi connectivity index (χ2v) is 8.14. The van der Waals surface area contributed by atoms with E-state index >= 15 is 0 Å². The maximum absolute atomic E-state index is 11.5. The molecule has 24 heavy (non-hydrogen) atoms. The van der Waals surface area contributed by atoms with Crippen LogP contribution in [0.4, 0.5) is 0 Å². The molecule has 6 nitrogen and oxygen atoms in total. The molecule has 0 unspecified atom stereocenters. The average Bonchev–Trinajstić information content (AvgIpc) is 2.54. The lowest BCUT2D eigenvalue weighted by Gasteiger charge is -2.17. The zero-order valence-corrected chi connectivity index (χ0v) is 16.3. The first-order chi connectivity index (χ1) is 11.5. The Morgan fingerprint density at radius 2 is 2.08 bits per heavy atom. The second kappa shape index (κ2) is 11.5. The third kappa shape index (κ3) is 8.68. The largest absolute Gasteiger partial charge is 0.357 e. The Morgan fingerprint density at radius 1 is 1.29 bits per heavy atom. The highest BCUT2D eigenvalue weighted by Crippen LogP contribution is 2.19. The minimum absolute atomic E-state index is 0.510. The van der Waals surface area contributed by atoms with Gasteiger partial charge >= 0.3 is 0 Å². The first kappa shape index (κ1) is 21.0. The molecule has 7 heteroatoms. The molecule has 0 saturated carbocycles. The van der Waals surface area contributed by atoms with Gasteiger partial charge in [-0.3, -0.25) is 4.99 Å². The zero-order chi connectivity index (χ0) is 17.8. The van der Waals surface area contributed by atoms with Gasteiger partial charge in [-0.05, 0) is 45.4 Å². The molecule has 0 saturated heterocycles. The normalized spacial score (nSPS) is 16.2. The van der Waals surface area contributed by atoms with E-state index in [0.717, 1.165) is 31.9 Å². The van der Waals surface area contributed by atoms with E-state index in [1.807, 2.05) is 13.8 Å². The predicted molar refractivity (Wildman–Crippen MR) is 102 cm³/mol. The maximum atomic E-state index is 11.5. The van der Waals surface area contributed by atoms with Crippen molar-refractivity contribution in [2.45, 2.75) is 52.4 Å². The van der Waals surface area contributed by atoms with Crippen molar-refractivity contribution in [1.82, 2.24) is 14.9 Å². The van der Waals surface area contributed by atoms with Gasteiger partial charge in [-0.25, -0.2) is 12.7 Å². The van der Waals surface area contributed by atoms with E-state index in [1.54, 1.807) is 5.57 Å². The van der Waals surface area contributed by atoms with Crippen molar-refractivity contribution in [2.24, 2.45) is 4.99 Å². The first-order valence-corrected chi connectivity index (χ1v) is 11.0. The van der Waals surface area contributed by atoms with Crippen molar-refractivity contribution in [2.75, 3.05) is 39.0 Å². The van der Waals surface area contributed by atoms with Crippen molar-refractivity contribution in [3.63, 3.8) is 0 Å². The van der Waals surface area contributed by atoms with E-state index in [0.29, 0.717) is 19.6 Å². The highest BCUT2D eigenvalue weighted by Gasteiger charge is 2.13. The van der Waals surface area contributed by atoms with Crippen LogP contribution < -0.4 is 10.6 Å². The van der Waals surface area contributed by atoms with Gasteiger partial charge < -0.3 is 10.6 Å². The predicted octanol–water partition coefficient (Wildman–Crippen LogP) is 2.10. The molecule has 0 aromatic rings. The summed E-state index contributed by atoms with van der Waals surface area (Å²) in [4.78, 5) is 4.54. The van der Waals surface area contributed by atoms with E-state index in [2.05, 4.69) is 21.7 Å². The van der Waals surface area contributed by atoms with Crippen LogP contribution in [0.5, 0.6) is 0 Å². The Morgan fingerprint density at radius 3 is 2.67 bits per heavy atom. The van der Waals surface area contributed by atoms with Gasteiger partial charge in [0.1, 0.15) is 0 Å². The van der Waals surface area contributed by atoms with Crippen LogP contribution in [-0.4, -0.2) is 57.7 Å². The van der Waals surface area contributed by atoms with Gasteiger partial charge in [0.2, 0.25) is 10.0 Å². The molecule has 0 aliphatic heterocycles. The average molecular weight is 359 g/mol. The van der Waals surface area contributed by atoms with Gasteiger partial charge in [0.25, 0.3) is 0 Å². The van der Waals surface area contributed by atoms with E-state index in [-0.39, 0.29) is 0 Å². The van der Waals surface area contributed by atoms with E-state index in [4.69, 9.17) is 0 Å². The van der Waals surface area contributed by atoms with Crippen LogP contribution >= 0.6 is 0 Å². The lowest BCUT2D eigenvalue weighted by Crippen LogP contribution is -2.38. The second-order valence-electron chi connectivity index (χ2n) is 6.15. The summed E-state index contributed by atoms with van der Waals surface area (Å²) in [5.41, 5.74) is 1.55. The van der Waals surface area contributed by atoms with Crippen molar-refractivity contribution >= 4 is 16.0 Å². The molecule has 0 aromatic heterocycles. The third-order valence-corrected chi connectivity index (χ3v) is 5.50. The lowest BCUT2D eigenvalue weighted by molar-refractivity contribution is 0.427. The third-order valence-electron chi connectivity index (χ3n) is 4.13. The molecule has 0 fully saturated rings. The fourth-order valence-electron chi connectivity index (χ4n) is 2.81. The van der Waals surface area contributed by atoms with Gasteiger partial charge in [0, 0.05) is 32.7 Å². The van der Waals surface area contributed by atoms with Gasteiger partial charge in [-0.1, -0.05) is 18.6 Å². The molecular formula is C17H34N4O2S. The van der Waals surface area contributed by atoms with Gasteiger partial charge in [0.15, 0.2) is 5.96 Å². The molecule has 0 heterocycles. The summed E-state index contributed by atoms with van der Waals surface area (Å²) in [6, 6.07) is 0. The number of nitrogens with one attached hydrogen (secondary N) is 2. The molecule has 0 aromatic carbocycles. The topological polar surface area (TPSA) is 73.8 Å². The minimum atomic E-state index is -3.11. The fourth-order valence-corrected chi connectivity index (χ4v) is 3.74. The minimum Gasteiger partial charge on any atom is -0.357 e. The van der Waals surface area contributed by atoms with Crippen LogP contribution in [0.3, 0.4) is 0 Å². The van der Waals surface area contributed by atoms with Crippen molar-refractivity contribution in [3.05, 3.63) is 11.6 Å². The number of hydrogen-bond donors (Lipinski definition) is 2. The standard InChI is InChI=1S/C17H34N4O2S/c1-4-18-17(20-14-12-16-10-7-6-8-11-16)19-13-9-15-21(5-2)24(3,22)23/h10H,4-9,11-15H2,1-3H3,(H2,18,19,20). The molecular weight excluding hydrogens is 324 g/mol. The summed E-state index contributed by atoms with van der Waals surface area (Å²) < 4.78 is 24.6. The Bertz CT molecular complexity index is 515. The molecule has 140 valence electrons. The summed E-state index contributed by atoms with van der Waals surface area (Å²) in [6.07, 6.45) is 10.5. The highest BCUT2D eigenvalue weighted by molar-refractivity contribution is 7.88. The Labute approximate surface area is 147 Å². The van der Waals surface area contributed by atoms with Crippen LogP contribution in [-0.2, 0) is 10.0 Å². The molecule has 0 amide bonds. The molecule has 1 aliphatic rings. The fraction of sp³-hybridized carbons (Fsp3) is 0.824. The molecule has 2 N–H and O–H groups in total. The Balaban J connectivity index is 2.34. The summed E-state index contributed by atoms with van der Waals surface area (Å²) >= 11 is 0. The molecule has 0 radical (unpaired) electrons. The number of nitrogens with zero attached hydrogens (tertiary/aromatic N) is 2. The van der Waals surface area contributed by atoms with Crippen LogP contribution in [0.25, 0.3) is 0 Å². The summed E-state index contributed by atoms with van der Waals surface area (Å²) in [6.45, 7) is 7.26. The van der Waals surface area contributed by atoms with Crippen molar-refractivity contribution in [3.8, 4) is 0 Å². The lowest BCUT2D eigenvalue weighted by atomic mass is 9.97. The molecule has 0 atom stereocenters. The number of hydrogen-bond acceptors (Lipinski definition) is 3. The van der Waals surface area contributed by atoms with Gasteiger partial charge in [-0.15, -0.1) is 0 Å². The van der Waals surface area contributed by atoms with Crippen LogP contribution in [0.15, 0.2) is 16.6 Å². The number of aliphatic imine (C=N–C) groups is 1. The molecule has 1 rings (SSSR count). The SMILES string of the molecule is CCNC(=NCCCN(CC)S(C)(=O)=O)NCCC1=CCCCC1. The van der Waals surface area contributed by atoms with Gasteiger partial charge in [0.05, 0.1) is 6.26 Å². The summed E-state index contributed by atoms with van der Waals surface area (Å²) in [7, 11) is -3.11. The molecule has 0 spiro atoms. The number of rotatable bonds is 10. The summed E-state index contributed by atoms with van der Waals surface area (Å²) in [5, 5.41) is 6.61. The van der Waals surface area contributed by atoms with E-state index < -0.39 is 10.0 Å². The molecule has 1 aliphatic carbocycles. The molecule has 0 bridgehead atoms. The Hall–Kier alpha value is -1.08. The quantitative estimate of drug-likeness (QED) is 0.271. The number of sulfonamides is 1. The monoisotopic (exact) mass is 358 g/mol. The van der Waals surface area contributed by atoms with E-state index in [9.17, 15) is 8.42 Å². The van der Waals surface area contributed by atoms with Crippen LogP contribution in [0, 0.1) is 0 Å². The zero-order valence-electron chi connectivity index (χ0n) is 15.5. The van der Waals surface area contributed by atoms with Gasteiger partial charge in [-0.2, -0.15) is 0 Å². The highest BCUT2D eigenvalue weighted by atomic mass is 32.2. The smallest absolute Gasteiger partial charge is 0.211 e. The maximum Gasteiger partial charge on any atom is 0.211 e. The first-order valence-electron chi connectivity index (χ1n) is 9.12. The Kier molecular flexibility index (Phi) is 10.0. The van der Waals surface area contributed by atoms with Crippen molar-refractivity contribution < 1.29 is 8.42 Å². The number of allylic oxidation sites excluding steroid dienone is 1. The van der Waals surface area contributed by atoms with Crippen LogP contribution in [0.1, 0.15) is 52.4 Å². The van der Waals surface area contributed by atoms with Crippen LogP contribution in [0.2, 0.25) is 0 Å². The number of guanidine groups is 1. The van der Waals surface area contributed by atoms with E-state index in [1.165, 1.54) is 36.2 Å². The van der Waals surface area contributed by atoms with Crippen molar-refractivity contribution in [1.29, 1.82) is 0 Å².